The minimum atomic E-state index is -1.19. The highest BCUT2D eigenvalue weighted by molar-refractivity contribution is 14.2. The van der Waals surface area contributed by atoms with E-state index in [0.717, 1.165) is 18.7 Å². The van der Waals surface area contributed by atoms with E-state index >= 15 is 0 Å². The summed E-state index contributed by atoms with van der Waals surface area (Å²) in [6, 6.07) is 7.46. The number of fused-ring (bicyclic) bond motifs is 1. The third kappa shape index (κ3) is 5.69. The molecule has 3 N–H and O–H groups in total. The van der Waals surface area contributed by atoms with Crippen LogP contribution in [0.15, 0.2) is 48.8 Å². The molecule has 1 fully saturated rings. The lowest BCUT2D eigenvalue weighted by Gasteiger charge is -2.31. The number of aromatic carboxylic acids is 1. The maximum Gasteiger partial charge on any atom is 0.336 e. The first-order valence-electron chi connectivity index (χ1n) is 12.0. The molecule has 1 saturated carbocycles. The summed E-state index contributed by atoms with van der Waals surface area (Å²) in [5.74, 6) is -3.81. The fourth-order valence-corrected chi connectivity index (χ4v) is 6.19. The van der Waals surface area contributed by atoms with Gasteiger partial charge in [0.05, 0.1) is 22.8 Å². The van der Waals surface area contributed by atoms with Gasteiger partial charge in [-0.05, 0) is 43.9 Å². The lowest BCUT2D eigenvalue weighted by molar-refractivity contribution is 0.0690. The normalized spacial score (nSPS) is 17.2. The maximum atomic E-state index is 14.8. The highest BCUT2D eigenvalue weighted by Gasteiger charge is 2.27. The summed E-state index contributed by atoms with van der Waals surface area (Å²) in [7, 11) is 1.19. The third-order valence-corrected chi connectivity index (χ3v) is 8.31. The van der Waals surface area contributed by atoms with Gasteiger partial charge >= 0.3 is 5.97 Å². The van der Waals surface area contributed by atoms with Crippen LogP contribution >= 0.6 is 30.3 Å². The Hall–Kier alpha value is -3.33. The second-order valence-electron chi connectivity index (χ2n) is 9.14. The zero-order valence-electron chi connectivity index (χ0n) is 20.1. The first-order chi connectivity index (χ1) is 18.7. The van der Waals surface area contributed by atoms with Crippen LogP contribution in [-0.4, -0.2) is 43.0 Å². The largest absolute Gasteiger partial charge is 0.478 e. The van der Waals surface area contributed by atoms with Crippen LogP contribution in [-0.2, 0) is 0 Å². The molecular formula is C26H21F3IN5O3S. The number of nitrogens with one attached hydrogen (secondary N) is 2. The van der Waals surface area contributed by atoms with Crippen molar-refractivity contribution in [3.63, 3.8) is 0 Å². The highest BCUT2D eigenvalue weighted by atomic mass is 127. The highest BCUT2D eigenvalue weighted by Crippen LogP contribution is 2.36. The predicted octanol–water partition coefficient (Wildman–Crippen LogP) is 6.21. The number of benzene rings is 2. The molecule has 0 spiro atoms. The van der Waals surface area contributed by atoms with Crippen molar-refractivity contribution in [1.29, 1.82) is 0 Å². The van der Waals surface area contributed by atoms with E-state index in [4.69, 9.17) is 0 Å². The maximum absolute atomic E-state index is 14.8. The molecule has 5 rings (SSSR count). The molecule has 0 unspecified atom stereocenters. The molecule has 1 aliphatic rings. The van der Waals surface area contributed by atoms with Gasteiger partial charge in [-0.3, -0.25) is 8.77 Å². The van der Waals surface area contributed by atoms with Crippen LogP contribution in [0.4, 0.5) is 19.0 Å². The van der Waals surface area contributed by atoms with Crippen molar-refractivity contribution in [3.8, 4) is 11.4 Å². The second kappa shape index (κ2) is 11.4. The van der Waals surface area contributed by atoms with E-state index in [9.17, 15) is 27.9 Å². The number of aromatic nitrogens is 3. The van der Waals surface area contributed by atoms with Crippen LogP contribution < -0.4 is 10.6 Å². The van der Waals surface area contributed by atoms with Crippen LogP contribution in [0.3, 0.4) is 0 Å². The van der Waals surface area contributed by atoms with Gasteiger partial charge in [-0.25, -0.2) is 27.9 Å². The van der Waals surface area contributed by atoms with Crippen molar-refractivity contribution < 1.29 is 27.9 Å². The van der Waals surface area contributed by atoms with Gasteiger partial charge in [-0.1, -0.05) is 12.1 Å². The average Bonchev–Trinajstić information content (AvgIpc) is 3.29. The number of rotatable bonds is 7. The molecule has 2 heterocycles. The Balaban J connectivity index is 1.36. The summed E-state index contributed by atoms with van der Waals surface area (Å²) in [5, 5.41) is 15.6. The van der Waals surface area contributed by atoms with Crippen molar-refractivity contribution in [2.45, 2.75) is 37.8 Å². The van der Waals surface area contributed by atoms with Crippen molar-refractivity contribution >= 4 is 58.9 Å². The molecule has 0 radical (unpaired) electrons. The molecule has 202 valence electrons. The standard InChI is InChI=1S/C26H21F3IN5O3S/c27-13-8-18-19(12-35(39-30)22(18)20(28)9-13)23-31-11-21(29)24(34-23)32-14-4-3-5-15(10-14)33-25(36)16-6-1-2-7-17(16)26(37)38/h1-2,6-9,11-12,14-15H,3-5,10H2,(H,33,36)(H,37,38)(H,31,32,34)/t14-,15+/m0/s1. The number of halogens is 4. The summed E-state index contributed by atoms with van der Waals surface area (Å²) in [4.78, 5) is 32.7. The fourth-order valence-electron chi connectivity index (χ4n) is 4.85. The molecule has 8 nitrogen and oxygen atoms in total. The number of carboxylic acid groups (broad SMARTS) is 1. The molecule has 0 aliphatic heterocycles. The monoisotopic (exact) mass is 667 g/mol. The first-order valence-corrected chi connectivity index (χ1v) is 15.3. The summed E-state index contributed by atoms with van der Waals surface area (Å²) >= 11 is 1.97. The van der Waals surface area contributed by atoms with Crippen LogP contribution in [0.5, 0.6) is 0 Å². The van der Waals surface area contributed by atoms with E-state index in [1.54, 1.807) is 18.3 Å². The fraction of sp³-hybridized carbons (Fsp3) is 0.231. The summed E-state index contributed by atoms with van der Waals surface area (Å²) < 4.78 is 44.8. The van der Waals surface area contributed by atoms with Gasteiger partial charge < -0.3 is 15.7 Å². The molecule has 4 aromatic rings. The molecule has 1 aliphatic carbocycles. The van der Waals surface area contributed by atoms with Crippen LogP contribution in [0, 0.1) is 17.5 Å². The molecule has 2 aromatic heterocycles. The van der Waals surface area contributed by atoms with E-state index in [1.807, 2.05) is 21.2 Å². The quantitative estimate of drug-likeness (QED) is 0.201. The number of nitrogens with zero attached hydrogens (tertiary/aromatic N) is 3. The first kappa shape index (κ1) is 27.2. The van der Waals surface area contributed by atoms with Crippen LogP contribution in [0.1, 0.15) is 46.4 Å². The second-order valence-corrected chi connectivity index (χ2v) is 10.9. The Bertz CT molecular complexity index is 1580. The van der Waals surface area contributed by atoms with Gasteiger partial charge in [-0.15, -0.1) is 0 Å². The minimum Gasteiger partial charge on any atom is -0.478 e. The van der Waals surface area contributed by atoms with Gasteiger partial charge in [0.2, 0.25) is 0 Å². The predicted molar refractivity (Wildman–Crippen MR) is 150 cm³/mol. The number of amides is 1. The molecular weight excluding hydrogens is 646 g/mol. The van der Waals surface area contributed by atoms with Crippen LogP contribution in [0.25, 0.3) is 22.3 Å². The number of hydrogen-bond acceptors (Lipinski definition) is 6. The summed E-state index contributed by atoms with van der Waals surface area (Å²) in [6.45, 7) is 0. The molecule has 0 saturated heterocycles. The molecule has 1 amide bonds. The third-order valence-electron chi connectivity index (χ3n) is 6.60. The summed E-state index contributed by atoms with van der Waals surface area (Å²) in [6.07, 6.45) is 5.15. The zero-order chi connectivity index (χ0) is 27.7. The molecule has 39 heavy (non-hydrogen) atoms. The van der Waals surface area contributed by atoms with Crippen molar-refractivity contribution in [3.05, 3.63) is 77.4 Å². The number of carbonyl (C=O) groups excluding carboxylic acids is 1. The SMILES string of the molecule is O=C(O)c1ccccc1C(=O)N[C@@H]1CCC[C@H](Nc2nc(-c3cn(SI)c4c(F)cc(F)cc34)ncc2F)C1. The van der Waals surface area contributed by atoms with Gasteiger partial charge in [0.15, 0.2) is 23.3 Å². The Kier molecular flexibility index (Phi) is 7.98. The van der Waals surface area contributed by atoms with Gasteiger partial charge in [0.25, 0.3) is 5.91 Å². The van der Waals surface area contributed by atoms with Gasteiger partial charge in [0.1, 0.15) is 5.82 Å². The lowest BCUT2D eigenvalue weighted by atomic mass is 9.90. The van der Waals surface area contributed by atoms with Crippen molar-refractivity contribution in [2.75, 3.05) is 5.32 Å². The number of carbonyl (C=O) groups is 2. The molecule has 0 bridgehead atoms. The molecule has 2 aromatic carbocycles. The van der Waals surface area contributed by atoms with Gasteiger partial charge in [-0.2, -0.15) is 0 Å². The van der Waals surface area contributed by atoms with Crippen molar-refractivity contribution in [1.82, 2.24) is 19.3 Å². The number of hydrogen-bond donors (Lipinski definition) is 3. The van der Waals surface area contributed by atoms with Crippen molar-refractivity contribution in [2.24, 2.45) is 0 Å². The Labute approximate surface area is 237 Å². The van der Waals surface area contributed by atoms with E-state index in [2.05, 4.69) is 20.6 Å². The Morgan fingerprint density at radius 2 is 1.82 bits per heavy atom. The smallest absolute Gasteiger partial charge is 0.336 e. The van der Waals surface area contributed by atoms with E-state index in [0.29, 0.717) is 24.8 Å². The summed E-state index contributed by atoms with van der Waals surface area (Å²) in [5.41, 5.74) is 0.506. The molecule has 13 heteroatoms. The number of carboxylic acids is 1. The number of anilines is 1. The topological polar surface area (TPSA) is 109 Å². The van der Waals surface area contributed by atoms with Crippen LogP contribution in [0.2, 0.25) is 0 Å². The zero-order valence-corrected chi connectivity index (χ0v) is 23.1. The van der Waals surface area contributed by atoms with E-state index < -0.39 is 29.3 Å². The molecule has 2 atom stereocenters. The minimum absolute atomic E-state index is 0.0619. The van der Waals surface area contributed by atoms with Gasteiger partial charge in [0, 0.05) is 65.6 Å². The average molecular weight is 667 g/mol. The Morgan fingerprint density at radius 3 is 2.56 bits per heavy atom. The van der Waals surface area contributed by atoms with E-state index in [-0.39, 0.29) is 45.8 Å². The Morgan fingerprint density at radius 1 is 1.08 bits per heavy atom. The lowest BCUT2D eigenvalue weighted by Crippen LogP contribution is -2.42. The van der Waals surface area contributed by atoms with E-state index in [1.165, 1.54) is 31.3 Å².